The van der Waals surface area contributed by atoms with Crippen LogP contribution in [-0.2, 0) is 10.0 Å². The maximum Gasteiger partial charge on any atom is 0.269 e. The summed E-state index contributed by atoms with van der Waals surface area (Å²) >= 11 is 0. The fourth-order valence-corrected chi connectivity index (χ4v) is 3.58. The average molecular weight is 352 g/mol. The molecule has 1 atom stereocenters. The lowest BCUT2D eigenvalue weighted by molar-refractivity contribution is -0.385. The maximum absolute atomic E-state index is 12.3. The van der Waals surface area contributed by atoms with Crippen LogP contribution in [0.2, 0.25) is 0 Å². The number of rotatable bonds is 7. The normalized spacial score (nSPS) is 12.8. The van der Waals surface area contributed by atoms with E-state index < -0.39 is 14.9 Å². The molecule has 0 aliphatic rings. The minimum atomic E-state index is -3.74. The summed E-state index contributed by atoms with van der Waals surface area (Å²) in [7, 11) is -3.74. The smallest absolute Gasteiger partial charge is 0.269 e. The van der Waals surface area contributed by atoms with Crippen molar-refractivity contribution in [1.82, 2.24) is 4.72 Å². The van der Waals surface area contributed by atoms with Gasteiger partial charge in [0.25, 0.3) is 5.69 Å². The first-order chi connectivity index (χ1) is 9.67. The Balaban J connectivity index is 0.00000441. The standard InChI is InChI=1S/C13H21N3O4S.ClH/c1-9(2)6-11(8-14)15-21(19,20)13-5-4-12(16(17)18)7-10(13)3;/h4-5,7,9,11,15H,6,8,14H2,1-3H3;1H. The molecular weight excluding hydrogens is 330 g/mol. The van der Waals surface area contributed by atoms with Gasteiger partial charge in [-0.3, -0.25) is 10.1 Å². The molecule has 0 saturated heterocycles. The molecule has 0 saturated carbocycles. The second-order valence-corrected chi connectivity index (χ2v) is 7.07. The topological polar surface area (TPSA) is 115 Å². The molecule has 0 aliphatic carbocycles. The van der Waals surface area contributed by atoms with Gasteiger partial charge in [-0.05, 0) is 30.9 Å². The number of nitrogens with one attached hydrogen (secondary N) is 1. The van der Waals surface area contributed by atoms with Gasteiger partial charge in [-0.1, -0.05) is 13.8 Å². The molecule has 9 heteroatoms. The van der Waals surface area contributed by atoms with Crippen molar-refractivity contribution in [2.75, 3.05) is 6.54 Å². The van der Waals surface area contributed by atoms with E-state index in [1.165, 1.54) is 25.1 Å². The van der Waals surface area contributed by atoms with Crippen LogP contribution in [0.4, 0.5) is 5.69 Å². The molecule has 0 aliphatic heterocycles. The first kappa shape index (κ1) is 20.8. The molecule has 1 aromatic carbocycles. The maximum atomic E-state index is 12.3. The van der Waals surface area contributed by atoms with E-state index in [9.17, 15) is 18.5 Å². The summed E-state index contributed by atoms with van der Waals surface area (Å²) in [6.07, 6.45) is 0.627. The van der Waals surface area contributed by atoms with E-state index in [0.717, 1.165) is 0 Å². The number of nitrogens with two attached hydrogens (primary N) is 1. The molecular formula is C13H22ClN3O4S. The van der Waals surface area contributed by atoms with Crippen LogP contribution in [0.15, 0.2) is 23.1 Å². The van der Waals surface area contributed by atoms with Crippen molar-refractivity contribution in [3.05, 3.63) is 33.9 Å². The molecule has 0 heterocycles. The number of nitro groups is 1. The van der Waals surface area contributed by atoms with Crippen molar-refractivity contribution < 1.29 is 13.3 Å². The van der Waals surface area contributed by atoms with Crippen LogP contribution in [0.1, 0.15) is 25.8 Å². The van der Waals surface area contributed by atoms with Crippen molar-refractivity contribution >= 4 is 28.1 Å². The number of hydrogen-bond acceptors (Lipinski definition) is 5. The molecule has 1 rings (SSSR count). The Hall–Kier alpha value is -1.22. The van der Waals surface area contributed by atoms with Crippen molar-refractivity contribution in [1.29, 1.82) is 0 Å². The molecule has 0 bridgehead atoms. The first-order valence-electron chi connectivity index (χ1n) is 6.64. The number of non-ortho nitro benzene ring substituents is 1. The van der Waals surface area contributed by atoms with E-state index in [2.05, 4.69) is 4.72 Å². The van der Waals surface area contributed by atoms with Crippen LogP contribution in [0.3, 0.4) is 0 Å². The zero-order valence-corrected chi connectivity index (χ0v) is 14.4. The van der Waals surface area contributed by atoms with E-state index in [0.29, 0.717) is 17.9 Å². The minimum Gasteiger partial charge on any atom is -0.329 e. The highest BCUT2D eigenvalue weighted by Crippen LogP contribution is 2.21. The zero-order chi connectivity index (χ0) is 16.2. The fraction of sp³-hybridized carbons (Fsp3) is 0.538. The Labute approximate surface area is 136 Å². The summed E-state index contributed by atoms with van der Waals surface area (Å²) in [5, 5.41) is 10.7. The second kappa shape index (κ2) is 8.42. The number of nitrogens with zero attached hydrogens (tertiary/aromatic N) is 1. The second-order valence-electron chi connectivity index (χ2n) is 5.39. The van der Waals surface area contributed by atoms with Gasteiger partial charge in [0, 0.05) is 24.7 Å². The zero-order valence-electron chi connectivity index (χ0n) is 12.8. The third-order valence-electron chi connectivity index (χ3n) is 3.02. The van der Waals surface area contributed by atoms with Gasteiger partial charge in [-0.15, -0.1) is 12.4 Å². The largest absolute Gasteiger partial charge is 0.329 e. The number of nitro benzene ring substituents is 1. The Morgan fingerprint density at radius 1 is 1.36 bits per heavy atom. The fourth-order valence-electron chi connectivity index (χ4n) is 2.09. The summed E-state index contributed by atoms with van der Waals surface area (Å²) < 4.78 is 27.3. The van der Waals surface area contributed by atoms with Crippen LogP contribution in [-0.4, -0.2) is 25.9 Å². The molecule has 0 aromatic heterocycles. The van der Waals surface area contributed by atoms with Gasteiger partial charge in [0.1, 0.15) is 0 Å². The molecule has 0 amide bonds. The van der Waals surface area contributed by atoms with Gasteiger partial charge in [0.15, 0.2) is 0 Å². The molecule has 1 aromatic rings. The molecule has 0 radical (unpaired) electrons. The third-order valence-corrected chi connectivity index (χ3v) is 4.70. The third kappa shape index (κ3) is 5.53. The van der Waals surface area contributed by atoms with Crippen molar-refractivity contribution in [2.24, 2.45) is 11.7 Å². The van der Waals surface area contributed by atoms with Gasteiger partial charge in [-0.2, -0.15) is 0 Å². The monoisotopic (exact) mass is 351 g/mol. The van der Waals surface area contributed by atoms with Gasteiger partial charge >= 0.3 is 0 Å². The van der Waals surface area contributed by atoms with Crippen molar-refractivity contribution in [3.8, 4) is 0 Å². The van der Waals surface area contributed by atoms with Crippen LogP contribution in [0, 0.1) is 23.0 Å². The SMILES string of the molecule is Cc1cc([N+](=O)[O-])ccc1S(=O)(=O)NC(CN)CC(C)C.Cl. The molecule has 22 heavy (non-hydrogen) atoms. The molecule has 1 unspecified atom stereocenters. The minimum absolute atomic E-state index is 0. The summed E-state index contributed by atoms with van der Waals surface area (Å²) in [6.45, 7) is 5.69. The number of sulfonamides is 1. The van der Waals surface area contributed by atoms with Gasteiger partial charge < -0.3 is 5.73 Å². The van der Waals surface area contributed by atoms with E-state index in [-0.39, 0.29) is 35.6 Å². The van der Waals surface area contributed by atoms with E-state index in [1.54, 1.807) is 0 Å². The Kier molecular flexibility index (Phi) is 7.96. The van der Waals surface area contributed by atoms with Crippen LogP contribution in [0.25, 0.3) is 0 Å². The lowest BCUT2D eigenvalue weighted by Crippen LogP contribution is -2.41. The highest BCUT2D eigenvalue weighted by atomic mass is 35.5. The predicted octanol–water partition coefficient (Wildman–Crippen LogP) is 1.98. The summed E-state index contributed by atoms with van der Waals surface area (Å²) in [5.74, 6) is 0.305. The van der Waals surface area contributed by atoms with Crippen molar-refractivity contribution in [2.45, 2.75) is 38.1 Å². The van der Waals surface area contributed by atoms with Crippen LogP contribution < -0.4 is 10.5 Å². The Bertz CT molecular complexity index is 620. The van der Waals surface area contributed by atoms with Crippen molar-refractivity contribution in [3.63, 3.8) is 0 Å². The van der Waals surface area contributed by atoms with E-state index >= 15 is 0 Å². The Morgan fingerprint density at radius 2 is 1.95 bits per heavy atom. The molecule has 3 N–H and O–H groups in total. The van der Waals surface area contributed by atoms with E-state index in [1.807, 2.05) is 13.8 Å². The number of benzene rings is 1. The number of hydrogen-bond donors (Lipinski definition) is 2. The highest BCUT2D eigenvalue weighted by Gasteiger charge is 2.23. The molecule has 0 fully saturated rings. The van der Waals surface area contributed by atoms with Gasteiger partial charge in [0.05, 0.1) is 9.82 Å². The molecule has 126 valence electrons. The lowest BCUT2D eigenvalue weighted by Gasteiger charge is -2.19. The van der Waals surface area contributed by atoms with Crippen LogP contribution in [0.5, 0.6) is 0 Å². The average Bonchev–Trinajstić information content (AvgIpc) is 2.36. The number of halogens is 1. The molecule has 0 spiro atoms. The Morgan fingerprint density at radius 3 is 2.36 bits per heavy atom. The van der Waals surface area contributed by atoms with E-state index in [4.69, 9.17) is 5.73 Å². The van der Waals surface area contributed by atoms with Crippen LogP contribution >= 0.6 is 12.4 Å². The quantitative estimate of drug-likeness (QED) is 0.575. The first-order valence-corrected chi connectivity index (χ1v) is 8.13. The summed E-state index contributed by atoms with van der Waals surface area (Å²) in [5.41, 5.74) is 5.79. The van der Waals surface area contributed by atoms with Gasteiger partial charge in [-0.25, -0.2) is 13.1 Å². The molecule has 7 nitrogen and oxygen atoms in total. The van der Waals surface area contributed by atoms with Gasteiger partial charge in [0.2, 0.25) is 10.0 Å². The number of aryl methyl sites for hydroxylation is 1. The predicted molar refractivity (Wildman–Crippen MR) is 87.7 cm³/mol. The summed E-state index contributed by atoms with van der Waals surface area (Å²) in [6, 6.07) is 3.32. The summed E-state index contributed by atoms with van der Waals surface area (Å²) in [4.78, 5) is 10.2. The highest BCUT2D eigenvalue weighted by molar-refractivity contribution is 7.89. The lowest BCUT2D eigenvalue weighted by atomic mass is 10.1.